The fourth-order valence-corrected chi connectivity index (χ4v) is 2.22. The molecule has 0 aliphatic heterocycles. The largest absolute Gasteiger partial charge is 0.355 e. The molecule has 0 bridgehead atoms. The fraction of sp³-hybridized carbons (Fsp3) is 0.176. The topological polar surface area (TPSA) is 58.2 Å². The lowest BCUT2D eigenvalue weighted by Gasteiger charge is -2.07. The zero-order valence-corrected chi connectivity index (χ0v) is 13.1. The Kier molecular flexibility index (Phi) is 6.11. The Labute approximate surface area is 138 Å². The van der Waals surface area contributed by atoms with Crippen LogP contribution in [0.4, 0.5) is 10.1 Å². The number of hydrogen-bond donors (Lipinski definition) is 2. The smallest absolute Gasteiger partial charge is 0.233 e. The Morgan fingerprint density at radius 2 is 1.83 bits per heavy atom. The van der Waals surface area contributed by atoms with Gasteiger partial charge in [-0.05, 0) is 36.2 Å². The Bertz CT molecular complexity index is 706. The van der Waals surface area contributed by atoms with Gasteiger partial charge in [0.2, 0.25) is 11.8 Å². The van der Waals surface area contributed by atoms with E-state index in [0.717, 1.165) is 5.56 Å². The maximum absolute atomic E-state index is 13.4. The zero-order valence-electron chi connectivity index (χ0n) is 12.3. The van der Waals surface area contributed by atoms with Crippen molar-refractivity contribution in [3.05, 3.63) is 64.9 Å². The van der Waals surface area contributed by atoms with Gasteiger partial charge in [-0.1, -0.05) is 35.9 Å². The van der Waals surface area contributed by atoms with Gasteiger partial charge in [0, 0.05) is 11.6 Å². The van der Waals surface area contributed by atoms with Crippen molar-refractivity contribution < 1.29 is 14.0 Å². The number of rotatable bonds is 6. The van der Waals surface area contributed by atoms with Crippen LogP contribution >= 0.6 is 11.6 Å². The highest BCUT2D eigenvalue weighted by Gasteiger charge is 2.11. The van der Waals surface area contributed by atoms with Crippen LogP contribution in [0.1, 0.15) is 12.0 Å². The molecular weight excluding hydrogens is 319 g/mol. The molecule has 4 nitrogen and oxygen atoms in total. The molecule has 0 saturated heterocycles. The minimum atomic E-state index is -0.560. The van der Waals surface area contributed by atoms with Crippen molar-refractivity contribution in [2.24, 2.45) is 0 Å². The third kappa shape index (κ3) is 5.71. The molecule has 0 aliphatic rings. The van der Waals surface area contributed by atoms with Crippen LogP contribution in [0.5, 0.6) is 0 Å². The number of carbonyl (C=O) groups is 2. The first kappa shape index (κ1) is 17.0. The van der Waals surface area contributed by atoms with E-state index in [1.807, 2.05) is 18.2 Å². The van der Waals surface area contributed by atoms with E-state index in [1.165, 1.54) is 18.2 Å². The van der Waals surface area contributed by atoms with Gasteiger partial charge in [0.1, 0.15) is 12.2 Å². The number of amides is 2. The first-order valence-electron chi connectivity index (χ1n) is 7.10. The van der Waals surface area contributed by atoms with E-state index in [1.54, 1.807) is 12.1 Å². The Hall–Kier alpha value is -2.40. The molecule has 2 N–H and O–H groups in total. The van der Waals surface area contributed by atoms with Crippen molar-refractivity contribution >= 4 is 29.1 Å². The maximum Gasteiger partial charge on any atom is 0.233 e. The summed E-state index contributed by atoms with van der Waals surface area (Å²) in [7, 11) is 0. The summed E-state index contributed by atoms with van der Waals surface area (Å²) in [4.78, 5) is 23.4. The molecule has 0 saturated carbocycles. The molecule has 0 unspecified atom stereocenters. The average Bonchev–Trinajstić information content (AvgIpc) is 2.49. The molecule has 0 heterocycles. The number of anilines is 1. The molecule has 2 aromatic rings. The first-order chi connectivity index (χ1) is 11.0. The third-order valence-corrected chi connectivity index (χ3v) is 3.33. The Morgan fingerprint density at radius 3 is 2.57 bits per heavy atom. The van der Waals surface area contributed by atoms with Gasteiger partial charge in [0.05, 0.1) is 5.69 Å². The second-order valence-electron chi connectivity index (χ2n) is 4.93. The van der Waals surface area contributed by atoms with E-state index >= 15 is 0 Å². The summed E-state index contributed by atoms with van der Waals surface area (Å²) in [6.07, 6.45) is 0.255. The normalized spacial score (nSPS) is 10.2. The molecule has 0 fully saturated rings. The number of hydrogen-bond acceptors (Lipinski definition) is 2. The van der Waals surface area contributed by atoms with Gasteiger partial charge in [-0.2, -0.15) is 0 Å². The van der Waals surface area contributed by atoms with Crippen molar-refractivity contribution in [3.8, 4) is 0 Å². The maximum atomic E-state index is 13.4. The lowest BCUT2D eigenvalue weighted by Crippen LogP contribution is -2.29. The second-order valence-corrected chi connectivity index (χ2v) is 5.37. The van der Waals surface area contributed by atoms with E-state index in [2.05, 4.69) is 10.6 Å². The summed E-state index contributed by atoms with van der Waals surface area (Å²) in [5.74, 6) is -1.52. The molecular formula is C17H16ClFN2O2. The Morgan fingerprint density at radius 1 is 1.04 bits per heavy atom. The summed E-state index contributed by atoms with van der Waals surface area (Å²) in [5.41, 5.74) is 1.05. The summed E-state index contributed by atoms with van der Waals surface area (Å²) >= 11 is 5.87. The fourth-order valence-electron chi connectivity index (χ4n) is 2.00. The van der Waals surface area contributed by atoms with Crippen molar-refractivity contribution in [2.75, 3.05) is 11.9 Å². The molecule has 2 aromatic carbocycles. The third-order valence-electron chi connectivity index (χ3n) is 3.09. The quantitative estimate of drug-likeness (QED) is 0.797. The molecule has 0 aliphatic carbocycles. The van der Waals surface area contributed by atoms with E-state index in [-0.39, 0.29) is 12.1 Å². The predicted octanol–water partition coefficient (Wildman–Crippen LogP) is 3.17. The van der Waals surface area contributed by atoms with Gasteiger partial charge in [0.15, 0.2) is 0 Å². The van der Waals surface area contributed by atoms with Gasteiger partial charge in [0.25, 0.3) is 0 Å². The van der Waals surface area contributed by atoms with Crippen LogP contribution in [-0.4, -0.2) is 18.4 Å². The number of benzene rings is 2. The minimum absolute atomic E-state index is 0.0595. The van der Waals surface area contributed by atoms with Crippen LogP contribution in [0.3, 0.4) is 0 Å². The standard InChI is InChI=1S/C17H16ClFN2O2/c18-13-5-3-4-12(10-13)8-9-20-16(22)11-17(23)21-15-7-2-1-6-14(15)19/h1-7,10H,8-9,11H2,(H,20,22)(H,21,23). The Balaban J connectivity index is 1.74. The number of para-hydroxylation sites is 1. The van der Waals surface area contributed by atoms with E-state index in [0.29, 0.717) is 18.0 Å². The SMILES string of the molecule is O=C(CC(=O)Nc1ccccc1F)NCCc1cccc(Cl)c1. The molecule has 0 aromatic heterocycles. The van der Waals surface area contributed by atoms with Gasteiger partial charge >= 0.3 is 0 Å². The van der Waals surface area contributed by atoms with Crippen molar-refractivity contribution in [1.29, 1.82) is 0 Å². The van der Waals surface area contributed by atoms with Crippen molar-refractivity contribution in [2.45, 2.75) is 12.8 Å². The van der Waals surface area contributed by atoms with E-state index in [4.69, 9.17) is 11.6 Å². The highest BCUT2D eigenvalue weighted by atomic mass is 35.5. The van der Waals surface area contributed by atoms with Crippen LogP contribution in [0.25, 0.3) is 0 Å². The molecule has 0 spiro atoms. The molecule has 0 radical (unpaired) electrons. The van der Waals surface area contributed by atoms with Gasteiger partial charge in [-0.15, -0.1) is 0 Å². The van der Waals surface area contributed by atoms with Crippen LogP contribution in [0, 0.1) is 5.82 Å². The summed E-state index contributed by atoms with van der Waals surface area (Å²) in [6.45, 7) is 0.395. The molecule has 0 atom stereocenters. The summed E-state index contributed by atoms with van der Waals surface area (Å²) < 4.78 is 13.4. The second kappa shape index (κ2) is 8.29. The summed E-state index contributed by atoms with van der Waals surface area (Å²) in [5, 5.41) is 5.65. The monoisotopic (exact) mass is 334 g/mol. The van der Waals surface area contributed by atoms with E-state index in [9.17, 15) is 14.0 Å². The van der Waals surface area contributed by atoms with Gasteiger partial charge < -0.3 is 10.6 Å². The highest BCUT2D eigenvalue weighted by molar-refractivity contribution is 6.30. The molecule has 23 heavy (non-hydrogen) atoms. The highest BCUT2D eigenvalue weighted by Crippen LogP contribution is 2.12. The summed E-state index contributed by atoms with van der Waals surface area (Å²) in [6, 6.07) is 13.1. The number of nitrogens with one attached hydrogen (secondary N) is 2. The minimum Gasteiger partial charge on any atom is -0.355 e. The van der Waals surface area contributed by atoms with Crippen molar-refractivity contribution in [3.63, 3.8) is 0 Å². The average molecular weight is 335 g/mol. The first-order valence-corrected chi connectivity index (χ1v) is 7.48. The molecule has 6 heteroatoms. The van der Waals surface area contributed by atoms with Crippen LogP contribution in [0.15, 0.2) is 48.5 Å². The molecule has 2 rings (SSSR count). The zero-order chi connectivity index (χ0) is 16.7. The van der Waals surface area contributed by atoms with Crippen LogP contribution in [0.2, 0.25) is 5.02 Å². The molecule has 2 amide bonds. The van der Waals surface area contributed by atoms with Gasteiger partial charge in [-0.25, -0.2) is 4.39 Å². The number of carbonyl (C=O) groups excluding carboxylic acids is 2. The van der Waals surface area contributed by atoms with Crippen LogP contribution in [-0.2, 0) is 16.0 Å². The number of halogens is 2. The van der Waals surface area contributed by atoms with Gasteiger partial charge in [-0.3, -0.25) is 9.59 Å². The predicted molar refractivity (Wildman–Crippen MR) is 87.8 cm³/mol. The van der Waals surface area contributed by atoms with Crippen LogP contribution < -0.4 is 10.6 Å². The van der Waals surface area contributed by atoms with Crippen molar-refractivity contribution in [1.82, 2.24) is 5.32 Å². The lowest BCUT2D eigenvalue weighted by atomic mass is 10.1. The lowest BCUT2D eigenvalue weighted by molar-refractivity contribution is -0.126. The van der Waals surface area contributed by atoms with E-state index < -0.39 is 17.6 Å². The molecule has 120 valence electrons.